The molecular weight excluding hydrogens is 303 g/mol. The molecule has 24 heavy (non-hydrogen) atoms. The third-order valence-corrected chi connectivity index (χ3v) is 3.87. The van der Waals surface area contributed by atoms with Crippen LogP contribution in [0.2, 0.25) is 0 Å². The van der Waals surface area contributed by atoms with Crippen LogP contribution in [-0.2, 0) is 6.54 Å². The maximum atomic E-state index is 13.1. The Morgan fingerprint density at radius 1 is 1.04 bits per heavy atom. The molecule has 0 saturated heterocycles. The molecule has 5 heteroatoms. The Kier molecular flexibility index (Phi) is 6.75. The first-order valence-corrected chi connectivity index (χ1v) is 8.00. The minimum absolute atomic E-state index is 0.126. The van der Waals surface area contributed by atoms with E-state index in [1.807, 2.05) is 44.4 Å². The van der Waals surface area contributed by atoms with E-state index in [9.17, 15) is 4.39 Å². The highest BCUT2D eigenvalue weighted by Crippen LogP contribution is 2.17. The first kappa shape index (κ1) is 17.9. The van der Waals surface area contributed by atoms with Gasteiger partial charge in [0.05, 0.1) is 6.04 Å². The molecular formula is C19H25FN4. The van der Waals surface area contributed by atoms with Crippen molar-refractivity contribution in [2.45, 2.75) is 12.6 Å². The van der Waals surface area contributed by atoms with E-state index < -0.39 is 0 Å². The van der Waals surface area contributed by atoms with Crippen molar-refractivity contribution in [3.63, 3.8) is 0 Å². The molecule has 0 aromatic heterocycles. The van der Waals surface area contributed by atoms with Crippen LogP contribution >= 0.6 is 0 Å². The Bertz CT molecular complexity index is 638. The average Bonchev–Trinajstić information content (AvgIpc) is 2.60. The van der Waals surface area contributed by atoms with Crippen molar-refractivity contribution in [1.29, 1.82) is 0 Å². The second kappa shape index (κ2) is 9.03. The Morgan fingerprint density at radius 3 is 2.29 bits per heavy atom. The van der Waals surface area contributed by atoms with E-state index in [1.54, 1.807) is 7.05 Å². The van der Waals surface area contributed by atoms with Crippen LogP contribution in [-0.4, -0.2) is 38.5 Å². The number of nitrogens with one attached hydrogen (secondary N) is 2. The fraction of sp³-hybridized carbons (Fsp3) is 0.316. The summed E-state index contributed by atoms with van der Waals surface area (Å²) < 4.78 is 13.1. The van der Waals surface area contributed by atoms with Crippen LogP contribution in [0.5, 0.6) is 0 Å². The predicted molar refractivity (Wildman–Crippen MR) is 97.5 cm³/mol. The second-order valence-electron chi connectivity index (χ2n) is 5.82. The number of benzene rings is 2. The number of hydrogen-bond donors (Lipinski definition) is 2. The van der Waals surface area contributed by atoms with Gasteiger partial charge >= 0.3 is 0 Å². The Balaban J connectivity index is 1.93. The van der Waals surface area contributed by atoms with E-state index in [2.05, 4.69) is 32.7 Å². The third kappa shape index (κ3) is 5.35. The molecule has 0 spiro atoms. The lowest BCUT2D eigenvalue weighted by atomic mass is 10.1. The van der Waals surface area contributed by atoms with Gasteiger partial charge in [-0.25, -0.2) is 4.39 Å². The highest BCUT2D eigenvalue weighted by Gasteiger charge is 2.14. The lowest BCUT2D eigenvalue weighted by Crippen LogP contribution is -2.41. The minimum atomic E-state index is -0.218. The molecule has 2 aromatic rings. The van der Waals surface area contributed by atoms with Gasteiger partial charge in [0.2, 0.25) is 0 Å². The number of nitrogens with zero attached hydrogens (tertiary/aromatic N) is 2. The monoisotopic (exact) mass is 328 g/mol. The highest BCUT2D eigenvalue weighted by atomic mass is 19.1. The summed E-state index contributed by atoms with van der Waals surface area (Å²) in [5, 5.41) is 6.64. The first-order chi connectivity index (χ1) is 11.6. The molecule has 128 valence electrons. The molecule has 0 aliphatic rings. The summed E-state index contributed by atoms with van der Waals surface area (Å²) in [4.78, 5) is 6.36. The molecule has 0 amide bonds. The zero-order valence-electron chi connectivity index (χ0n) is 14.5. The third-order valence-electron chi connectivity index (χ3n) is 3.87. The summed E-state index contributed by atoms with van der Waals surface area (Å²) in [5.74, 6) is 0.525. The van der Waals surface area contributed by atoms with Gasteiger partial charge in [0, 0.05) is 20.1 Å². The van der Waals surface area contributed by atoms with Crippen molar-refractivity contribution in [3.05, 3.63) is 71.5 Å². The molecule has 1 unspecified atom stereocenters. The van der Waals surface area contributed by atoms with Crippen molar-refractivity contribution < 1.29 is 4.39 Å². The largest absolute Gasteiger partial charge is 0.354 e. The summed E-state index contributed by atoms with van der Waals surface area (Å²) in [6, 6.07) is 16.9. The fourth-order valence-corrected chi connectivity index (χ4v) is 2.48. The lowest BCUT2D eigenvalue weighted by Gasteiger charge is -2.26. The first-order valence-electron chi connectivity index (χ1n) is 8.00. The fourth-order valence-electron chi connectivity index (χ4n) is 2.48. The van der Waals surface area contributed by atoms with Gasteiger partial charge in [0.15, 0.2) is 5.96 Å². The SMILES string of the molecule is CN=C(NCc1ccccc1)NCC(c1ccc(F)cc1)N(C)C. The topological polar surface area (TPSA) is 39.7 Å². The summed E-state index contributed by atoms with van der Waals surface area (Å²) in [7, 11) is 5.77. The number of aliphatic imine (C=N–C) groups is 1. The summed E-state index contributed by atoms with van der Waals surface area (Å²) in [6.45, 7) is 1.39. The molecule has 4 nitrogen and oxygen atoms in total. The minimum Gasteiger partial charge on any atom is -0.354 e. The molecule has 0 heterocycles. The molecule has 0 aliphatic carbocycles. The number of likely N-dealkylation sites (N-methyl/N-ethyl adjacent to an activating group) is 1. The number of rotatable bonds is 6. The predicted octanol–water partition coefficient (Wildman–Crippen LogP) is 2.79. The van der Waals surface area contributed by atoms with E-state index in [4.69, 9.17) is 0 Å². The van der Waals surface area contributed by atoms with E-state index in [0.29, 0.717) is 13.1 Å². The Hall–Kier alpha value is -2.40. The average molecular weight is 328 g/mol. The molecule has 0 radical (unpaired) electrons. The quantitative estimate of drug-likeness (QED) is 0.633. The smallest absolute Gasteiger partial charge is 0.191 e. The molecule has 0 bridgehead atoms. The van der Waals surface area contributed by atoms with E-state index in [0.717, 1.165) is 11.5 Å². The van der Waals surface area contributed by atoms with Gasteiger partial charge in [-0.15, -0.1) is 0 Å². The summed E-state index contributed by atoms with van der Waals surface area (Å²) in [6.07, 6.45) is 0. The summed E-state index contributed by atoms with van der Waals surface area (Å²) in [5.41, 5.74) is 2.26. The van der Waals surface area contributed by atoms with Crippen LogP contribution in [0.4, 0.5) is 4.39 Å². The van der Waals surface area contributed by atoms with E-state index >= 15 is 0 Å². The zero-order chi connectivity index (χ0) is 17.4. The zero-order valence-corrected chi connectivity index (χ0v) is 14.5. The molecule has 2 aromatic carbocycles. The number of hydrogen-bond acceptors (Lipinski definition) is 2. The Morgan fingerprint density at radius 2 is 1.71 bits per heavy atom. The summed E-state index contributed by atoms with van der Waals surface area (Å²) >= 11 is 0. The van der Waals surface area contributed by atoms with Gasteiger partial charge in [-0.3, -0.25) is 4.99 Å². The van der Waals surface area contributed by atoms with Gasteiger partial charge in [-0.2, -0.15) is 0 Å². The van der Waals surface area contributed by atoms with Crippen molar-refractivity contribution in [3.8, 4) is 0 Å². The standard InChI is InChI=1S/C19H25FN4/c1-21-19(22-13-15-7-5-4-6-8-15)23-14-18(24(2)3)16-9-11-17(20)12-10-16/h4-12,18H,13-14H2,1-3H3,(H2,21,22,23). The maximum Gasteiger partial charge on any atom is 0.191 e. The van der Waals surface area contributed by atoms with Crippen LogP contribution in [0.15, 0.2) is 59.6 Å². The molecule has 0 saturated carbocycles. The normalized spacial score (nSPS) is 13.0. The Labute approximate surface area is 143 Å². The molecule has 1 atom stereocenters. The number of halogens is 1. The molecule has 0 aliphatic heterocycles. The highest BCUT2D eigenvalue weighted by molar-refractivity contribution is 5.79. The molecule has 2 rings (SSSR count). The van der Waals surface area contributed by atoms with Crippen molar-refractivity contribution >= 4 is 5.96 Å². The molecule has 2 N–H and O–H groups in total. The van der Waals surface area contributed by atoms with Crippen molar-refractivity contribution in [2.75, 3.05) is 27.7 Å². The second-order valence-corrected chi connectivity index (χ2v) is 5.82. The number of guanidine groups is 1. The van der Waals surface area contributed by atoms with E-state index in [-0.39, 0.29) is 11.9 Å². The van der Waals surface area contributed by atoms with Crippen LogP contribution in [0, 0.1) is 5.82 Å². The molecule has 0 fully saturated rings. The van der Waals surface area contributed by atoms with Crippen molar-refractivity contribution in [1.82, 2.24) is 15.5 Å². The van der Waals surface area contributed by atoms with Gasteiger partial charge in [-0.05, 0) is 37.4 Å². The van der Waals surface area contributed by atoms with Gasteiger partial charge in [0.1, 0.15) is 5.82 Å². The van der Waals surface area contributed by atoms with Crippen LogP contribution in [0.25, 0.3) is 0 Å². The lowest BCUT2D eigenvalue weighted by molar-refractivity contribution is 0.298. The van der Waals surface area contributed by atoms with Gasteiger partial charge in [-0.1, -0.05) is 42.5 Å². The van der Waals surface area contributed by atoms with Crippen LogP contribution in [0.3, 0.4) is 0 Å². The van der Waals surface area contributed by atoms with Crippen molar-refractivity contribution in [2.24, 2.45) is 4.99 Å². The van der Waals surface area contributed by atoms with Gasteiger partial charge in [0.25, 0.3) is 0 Å². The van der Waals surface area contributed by atoms with Crippen LogP contribution < -0.4 is 10.6 Å². The maximum absolute atomic E-state index is 13.1. The van der Waals surface area contributed by atoms with Crippen LogP contribution in [0.1, 0.15) is 17.2 Å². The van der Waals surface area contributed by atoms with E-state index in [1.165, 1.54) is 17.7 Å². The van der Waals surface area contributed by atoms with Gasteiger partial charge < -0.3 is 15.5 Å².